The van der Waals surface area contributed by atoms with Crippen LogP contribution in [0.3, 0.4) is 0 Å². The molecule has 3 N–H and O–H groups in total. The quantitative estimate of drug-likeness (QED) is 0.567. The molecule has 0 amide bonds. The standard InChI is InChI=1S/C6H14N2.ClH/c1-6(2,7)5-3-8-4-5;/h5,8H,3-4,7H2,1-2H3;1H. The predicted molar refractivity (Wildman–Crippen MR) is 41.9 cm³/mol. The highest BCUT2D eigenvalue weighted by molar-refractivity contribution is 5.85. The fraction of sp³-hybridized carbons (Fsp3) is 1.00. The van der Waals surface area contributed by atoms with Crippen molar-refractivity contribution in [1.29, 1.82) is 0 Å². The summed E-state index contributed by atoms with van der Waals surface area (Å²) in [6.07, 6.45) is 0. The van der Waals surface area contributed by atoms with Crippen molar-refractivity contribution in [2.75, 3.05) is 13.1 Å². The minimum absolute atomic E-state index is 0. The van der Waals surface area contributed by atoms with Gasteiger partial charge in [-0.2, -0.15) is 0 Å². The molecule has 2 nitrogen and oxygen atoms in total. The predicted octanol–water partition coefficient (Wildman–Crippen LogP) is 0.365. The molecule has 1 aliphatic heterocycles. The van der Waals surface area contributed by atoms with Crippen LogP contribution in [0.25, 0.3) is 0 Å². The number of halogens is 1. The Morgan fingerprint density at radius 3 is 1.89 bits per heavy atom. The molecule has 1 aliphatic rings. The van der Waals surface area contributed by atoms with Crippen molar-refractivity contribution in [1.82, 2.24) is 5.32 Å². The molecule has 1 fully saturated rings. The second-order valence-electron chi connectivity index (χ2n) is 3.18. The van der Waals surface area contributed by atoms with E-state index in [1.807, 2.05) is 0 Å². The minimum atomic E-state index is 0. The number of rotatable bonds is 1. The van der Waals surface area contributed by atoms with Gasteiger partial charge in [0.15, 0.2) is 0 Å². The second kappa shape index (κ2) is 2.86. The van der Waals surface area contributed by atoms with Crippen molar-refractivity contribution in [3.8, 4) is 0 Å². The lowest BCUT2D eigenvalue weighted by Gasteiger charge is -2.38. The van der Waals surface area contributed by atoms with E-state index in [1.165, 1.54) is 0 Å². The molecule has 0 aromatic heterocycles. The van der Waals surface area contributed by atoms with Crippen molar-refractivity contribution in [3.05, 3.63) is 0 Å². The lowest BCUT2D eigenvalue weighted by atomic mass is 9.84. The molecule has 0 aromatic carbocycles. The van der Waals surface area contributed by atoms with Gasteiger partial charge in [0.2, 0.25) is 0 Å². The number of hydrogen-bond donors (Lipinski definition) is 2. The summed E-state index contributed by atoms with van der Waals surface area (Å²) >= 11 is 0. The lowest BCUT2D eigenvalue weighted by Crippen LogP contribution is -2.57. The van der Waals surface area contributed by atoms with Gasteiger partial charge in [0, 0.05) is 24.5 Å². The van der Waals surface area contributed by atoms with Gasteiger partial charge in [0.1, 0.15) is 0 Å². The topological polar surface area (TPSA) is 38.0 Å². The molecule has 1 rings (SSSR count). The molecule has 0 aliphatic carbocycles. The first-order valence-corrected chi connectivity index (χ1v) is 3.10. The van der Waals surface area contributed by atoms with E-state index in [2.05, 4.69) is 19.2 Å². The van der Waals surface area contributed by atoms with Gasteiger partial charge >= 0.3 is 0 Å². The molecule has 0 radical (unpaired) electrons. The molecule has 1 heterocycles. The van der Waals surface area contributed by atoms with Crippen LogP contribution in [-0.4, -0.2) is 18.6 Å². The average Bonchev–Trinajstić information content (AvgIpc) is 1.16. The van der Waals surface area contributed by atoms with E-state index in [0.29, 0.717) is 5.92 Å². The molecule has 56 valence electrons. The summed E-state index contributed by atoms with van der Waals surface area (Å²) in [7, 11) is 0. The van der Waals surface area contributed by atoms with Crippen LogP contribution in [0.1, 0.15) is 13.8 Å². The monoisotopic (exact) mass is 150 g/mol. The largest absolute Gasteiger partial charge is 0.325 e. The highest BCUT2D eigenvalue weighted by Crippen LogP contribution is 2.16. The van der Waals surface area contributed by atoms with Crippen molar-refractivity contribution in [2.45, 2.75) is 19.4 Å². The fourth-order valence-electron chi connectivity index (χ4n) is 0.815. The van der Waals surface area contributed by atoms with Gasteiger partial charge in [-0.3, -0.25) is 0 Å². The Kier molecular flexibility index (Phi) is 2.93. The summed E-state index contributed by atoms with van der Waals surface area (Å²) in [5, 5.41) is 3.19. The van der Waals surface area contributed by atoms with Gasteiger partial charge in [-0.05, 0) is 13.8 Å². The molecule has 1 saturated heterocycles. The van der Waals surface area contributed by atoms with Crippen molar-refractivity contribution >= 4 is 12.4 Å². The van der Waals surface area contributed by atoms with Gasteiger partial charge in [-0.1, -0.05) is 0 Å². The third-order valence-corrected chi connectivity index (χ3v) is 1.83. The van der Waals surface area contributed by atoms with Gasteiger partial charge < -0.3 is 11.1 Å². The van der Waals surface area contributed by atoms with Crippen molar-refractivity contribution < 1.29 is 0 Å². The van der Waals surface area contributed by atoms with E-state index in [4.69, 9.17) is 5.73 Å². The summed E-state index contributed by atoms with van der Waals surface area (Å²) in [4.78, 5) is 0. The van der Waals surface area contributed by atoms with Gasteiger partial charge in [-0.25, -0.2) is 0 Å². The summed E-state index contributed by atoms with van der Waals surface area (Å²) < 4.78 is 0. The second-order valence-corrected chi connectivity index (χ2v) is 3.18. The first-order chi connectivity index (χ1) is 3.61. The highest BCUT2D eigenvalue weighted by atomic mass is 35.5. The maximum absolute atomic E-state index is 5.80. The molecule has 0 spiro atoms. The lowest BCUT2D eigenvalue weighted by molar-refractivity contribution is 0.225. The minimum Gasteiger partial charge on any atom is -0.325 e. The first kappa shape index (κ1) is 9.21. The molecule has 0 bridgehead atoms. The van der Waals surface area contributed by atoms with E-state index in [1.54, 1.807) is 0 Å². The Hall–Kier alpha value is 0.210. The fourth-order valence-corrected chi connectivity index (χ4v) is 0.815. The molecule has 0 aromatic rings. The van der Waals surface area contributed by atoms with Crippen LogP contribution in [0, 0.1) is 5.92 Å². The van der Waals surface area contributed by atoms with E-state index in [0.717, 1.165) is 13.1 Å². The van der Waals surface area contributed by atoms with Crippen LogP contribution < -0.4 is 11.1 Å². The molecule has 3 heteroatoms. The summed E-state index contributed by atoms with van der Waals surface area (Å²) in [5.74, 6) is 0.697. The molecular weight excluding hydrogens is 136 g/mol. The zero-order valence-electron chi connectivity index (χ0n) is 5.98. The Labute approximate surface area is 62.6 Å². The number of nitrogens with two attached hydrogens (primary N) is 1. The van der Waals surface area contributed by atoms with E-state index in [-0.39, 0.29) is 17.9 Å². The Morgan fingerprint density at radius 2 is 1.89 bits per heavy atom. The van der Waals surface area contributed by atoms with E-state index < -0.39 is 0 Å². The van der Waals surface area contributed by atoms with Crippen LogP contribution >= 0.6 is 12.4 Å². The van der Waals surface area contributed by atoms with Crippen LogP contribution in [-0.2, 0) is 0 Å². The van der Waals surface area contributed by atoms with E-state index in [9.17, 15) is 0 Å². The van der Waals surface area contributed by atoms with Crippen LogP contribution in [0.4, 0.5) is 0 Å². The normalized spacial score (nSPS) is 20.3. The van der Waals surface area contributed by atoms with Crippen molar-refractivity contribution in [2.24, 2.45) is 11.7 Å². The van der Waals surface area contributed by atoms with Gasteiger partial charge in [0.05, 0.1) is 0 Å². The zero-order chi connectivity index (χ0) is 6.20. The third kappa shape index (κ3) is 2.12. The molecule has 0 saturated carbocycles. The molecule has 9 heavy (non-hydrogen) atoms. The van der Waals surface area contributed by atoms with Crippen LogP contribution in [0.2, 0.25) is 0 Å². The van der Waals surface area contributed by atoms with Crippen LogP contribution in [0.15, 0.2) is 0 Å². The Balaban J connectivity index is 0.000000640. The van der Waals surface area contributed by atoms with Crippen LogP contribution in [0.5, 0.6) is 0 Å². The smallest absolute Gasteiger partial charge is 0.0150 e. The molecule has 0 atom stereocenters. The average molecular weight is 151 g/mol. The number of hydrogen-bond acceptors (Lipinski definition) is 2. The summed E-state index contributed by atoms with van der Waals surface area (Å²) in [6.45, 7) is 6.37. The first-order valence-electron chi connectivity index (χ1n) is 3.10. The zero-order valence-corrected chi connectivity index (χ0v) is 6.79. The number of nitrogens with one attached hydrogen (secondary N) is 1. The summed E-state index contributed by atoms with van der Waals surface area (Å²) in [6, 6.07) is 0. The molecule has 0 unspecified atom stereocenters. The maximum Gasteiger partial charge on any atom is 0.0150 e. The van der Waals surface area contributed by atoms with E-state index >= 15 is 0 Å². The van der Waals surface area contributed by atoms with Gasteiger partial charge in [-0.15, -0.1) is 12.4 Å². The Bertz CT molecular complexity index is 83.5. The highest BCUT2D eigenvalue weighted by Gasteiger charge is 2.29. The summed E-state index contributed by atoms with van der Waals surface area (Å²) in [5.41, 5.74) is 5.83. The maximum atomic E-state index is 5.80. The van der Waals surface area contributed by atoms with Crippen molar-refractivity contribution in [3.63, 3.8) is 0 Å². The third-order valence-electron chi connectivity index (χ3n) is 1.83. The Morgan fingerprint density at radius 1 is 1.44 bits per heavy atom. The van der Waals surface area contributed by atoms with Gasteiger partial charge in [0.25, 0.3) is 0 Å². The molecular formula is C6H15ClN2. The SMILES string of the molecule is CC(C)(N)C1CNC1.Cl.